The molecule has 0 saturated carbocycles. The highest BCUT2D eigenvalue weighted by Gasteiger charge is 2.19. The van der Waals surface area contributed by atoms with Crippen LogP contribution in [0.3, 0.4) is 0 Å². The molecule has 2 aromatic rings. The molecule has 1 atom stereocenters. The fourth-order valence-electron chi connectivity index (χ4n) is 1.76. The first-order chi connectivity index (χ1) is 8.66. The molecule has 1 N–H and O–H groups in total. The fourth-order valence-corrected chi connectivity index (χ4v) is 1.89. The third-order valence-electron chi connectivity index (χ3n) is 2.60. The van der Waals surface area contributed by atoms with Gasteiger partial charge in [0, 0.05) is 17.1 Å². The van der Waals surface area contributed by atoms with Crippen LogP contribution < -0.4 is 0 Å². The molecule has 0 aliphatic rings. The maximum atomic E-state index is 10.9. The van der Waals surface area contributed by atoms with Gasteiger partial charge in [-0.25, -0.2) is 0 Å². The third kappa shape index (κ3) is 3.05. The molecule has 4 nitrogen and oxygen atoms in total. The van der Waals surface area contributed by atoms with E-state index in [1.54, 1.807) is 30.5 Å². The standard InChI is InChI=1S/C13H11ClN2O2/c14-10-5-3-9(4-6-10)11(8-13(17)18)12-2-1-7-15-16-12/h1-7,11H,8H2,(H,17,18). The van der Waals surface area contributed by atoms with E-state index in [2.05, 4.69) is 10.2 Å². The van der Waals surface area contributed by atoms with E-state index in [0.29, 0.717) is 10.7 Å². The lowest BCUT2D eigenvalue weighted by molar-refractivity contribution is -0.137. The summed E-state index contributed by atoms with van der Waals surface area (Å²) in [5.74, 6) is -1.19. The first-order valence-electron chi connectivity index (χ1n) is 5.41. The molecule has 1 aromatic carbocycles. The monoisotopic (exact) mass is 262 g/mol. The number of carboxylic acid groups (broad SMARTS) is 1. The van der Waals surface area contributed by atoms with E-state index in [4.69, 9.17) is 16.7 Å². The SMILES string of the molecule is O=C(O)CC(c1ccc(Cl)cc1)c1cccnn1. The third-order valence-corrected chi connectivity index (χ3v) is 2.85. The van der Waals surface area contributed by atoms with Gasteiger partial charge in [-0.1, -0.05) is 23.7 Å². The Kier molecular flexibility index (Phi) is 3.89. The van der Waals surface area contributed by atoms with Crippen molar-refractivity contribution in [3.8, 4) is 0 Å². The number of carboxylic acids is 1. The summed E-state index contributed by atoms with van der Waals surface area (Å²) in [6, 6.07) is 10.6. The van der Waals surface area contributed by atoms with Gasteiger partial charge in [0.25, 0.3) is 0 Å². The molecule has 5 heteroatoms. The summed E-state index contributed by atoms with van der Waals surface area (Å²) in [6.07, 6.45) is 1.53. The Bertz CT molecular complexity index is 528. The maximum Gasteiger partial charge on any atom is 0.304 e. The number of hydrogen-bond acceptors (Lipinski definition) is 3. The van der Waals surface area contributed by atoms with E-state index in [1.807, 2.05) is 12.1 Å². The number of nitrogens with zero attached hydrogens (tertiary/aromatic N) is 2. The lowest BCUT2D eigenvalue weighted by Crippen LogP contribution is -2.10. The molecule has 1 heterocycles. The Morgan fingerprint density at radius 1 is 1.28 bits per heavy atom. The highest BCUT2D eigenvalue weighted by molar-refractivity contribution is 6.30. The van der Waals surface area contributed by atoms with Gasteiger partial charge in [0.1, 0.15) is 0 Å². The Balaban J connectivity index is 2.36. The quantitative estimate of drug-likeness (QED) is 0.920. The number of hydrogen-bond donors (Lipinski definition) is 1. The number of benzene rings is 1. The molecule has 1 aromatic heterocycles. The van der Waals surface area contributed by atoms with Crippen LogP contribution >= 0.6 is 11.6 Å². The zero-order chi connectivity index (χ0) is 13.0. The second-order valence-electron chi connectivity index (χ2n) is 3.85. The Labute approximate surface area is 109 Å². The molecule has 0 saturated heterocycles. The second kappa shape index (κ2) is 5.60. The van der Waals surface area contributed by atoms with Gasteiger partial charge < -0.3 is 5.11 Å². The summed E-state index contributed by atoms with van der Waals surface area (Å²) >= 11 is 5.82. The highest BCUT2D eigenvalue weighted by Crippen LogP contribution is 2.27. The van der Waals surface area contributed by atoms with Gasteiger partial charge in [-0.3, -0.25) is 4.79 Å². The Morgan fingerprint density at radius 3 is 2.56 bits per heavy atom. The number of rotatable bonds is 4. The predicted molar refractivity (Wildman–Crippen MR) is 67.6 cm³/mol. The smallest absolute Gasteiger partial charge is 0.304 e. The van der Waals surface area contributed by atoms with Crippen molar-refractivity contribution in [2.45, 2.75) is 12.3 Å². The Morgan fingerprint density at radius 2 is 2.00 bits per heavy atom. The molecule has 2 rings (SSSR count). The van der Waals surface area contributed by atoms with Crippen LogP contribution in [0.4, 0.5) is 0 Å². The van der Waals surface area contributed by atoms with Crippen molar-refractivity contribution in [2.75, 3.05) is 0 Å². The minimum atomic E-state index is -0.874. The van der Waals surface area contributed by atoms with E-state index in [-0.39, 0.29) is 12.3 Å². The largest absolute Gasteiger partial charge is 0.481 e. The van der Waals surface area contributed by atoms with E-state index in [0.717, 1.165) is 5.56 Å². The van der Waals surface area contributed by atoms with Crippen LogP contribution in [0, 0.1) is 0 Å². The van der Waals surface area contributed by atoms with Crippen molar-refractivity contribution in [3.63, 3.8) is 0 Å². The molecule has 0 fully saturated rings. The van der Waals surface area contributed by atoms with Crippen molar-refractivity contribution in [1.82, 2.24) is 10.2 Å². The van der Waals surface area contributed by atoms with Gasteiger partial charge in [-0.05, 0) is 29.8 Å². The summed E-state index contributed by atoms with van der Waals surface area (Å²) in [6.45, 7) is 0. The first kappa shape index (κ1) is 12.5. The topological polar surface area (TPSA) is 63.1 Å². The molecular weight excluding hydrogens is 252 g/mol. The number of aromatic nitrogens is 2. The lowest BCUT2D eigenvalue weighted by atomic mass is 9.92. The molecular formula is C13H11ClN2O2. The fraction of sp³-hybridized carbons (Fsp3) is 0.154. The van der Waals surface area contributed by atoms with Crippen LogP contribution in [0.2, 0.25) is 5.02 Å². The van der Waals surface area contributed by atoms with Crippen LogP contribution in [-0.4, -0.2) is 21.3 Å². The molecule has 0 radical (unpaired) electrons. The molecule has 0 aliphatic carbocycles. The van der Waals surface area contributed by atoms with Crippen LogP contribution in [0.15, 0.2) is 42.6 Å². The van der Waals surface area contributed by atoms with Gasteiger partial charge in [-0.15, -0.1) is 0 Å². The summed E-state index contributed by atoms with van der Waals surface area (Å²) in [7, 11) is 0. The minimum Gasteiger partial charge on any atom is -0.481 e. The molecule has 0 aliphatic heterocycles. The second-order valence-corrected chi connectivity index (χ2v) is 4.29. The Hall–Kier alpha value is -1.94. The van der Waals surface area contributed by atoms with Crippen LogP contribution in [0.1, 0.15) is 23.6 Å². The van der Waals surface area contributed by atoms with Crippen LogP contribution in [-0.2, 0) is 4.79 Å². The average Bonchev–Trinajstić information content (AvgIpc) is 2.38. The van der Waals surface area contributed by atoms with Crippen molar-refractivity contribution in [2.24, 2.45) is 0 Å². The van der Waals surface area contributed by atoms with Crippen molar-refractivity contribution >= 4 is 17.6 Å². The van der Waals surface area contributed by atoms with E-state index in [1.165, 1.54) is 0 Å². The molecule has 0 amide bonds. The number of carbonyl (C=O) groups is 1. The summed E-state index contributed by atoms with van der Waals surface area (Å²) in [5, 5.41) is 17.4. The van der Waals surface area contributed by atoms with Gasteiger partial charge >= 0.3 is 5.97 Å². The van der Waals surface area contributed by atoms with Crippen LogP contribution in [0.25, 0.3) is 0 Å². The van der Waals surface area contributed by atoms with Gasteiger partial charge in [0.15, 0.2) is 0 Å². The molecule has 18 heavy (non-hydrogen) atoms. The van der Waals surface area contributed by atoms with Crippen molar-refractivity contribution in [3.05, 3.63) is 58.9 Å². The highest BCUT2D eigenvalue weighted by atomic mass is 35.5. The number of halogens is 1. The summed E-state index contributed by atoms with van der Waals surface area (Å²) < 4.78 is 0. The molecule has 0 spiro atoms. The number of aliphatic carboxylic acids is 1. The lowest BCUT2D eigenvalue weighted by Gasteiger charge is -2.14. The van der Waals surface area contributed by atoms with E-state index < -0.39 is 5.97 Å². The van der Waals surface area contributed by atoms with E-state index in [9.17, 15) is 4.79 Å². The normalized spacial score (nSPS) is 12.1. The maximum absolute atomic E-state index is 10.9. The van der Waals surface area contributed by atoms with Gasteiger partial charge in [0.05, 0.1) is 12.1 Å². The van der Waals surface area contributed by atoms with Crippen LogP contribution in [0.5, 0.6) is 0 Å². The summed E-state index contributed by atoms with van der Waals surface area (Å²) in [5.41, 5.74) is 1.50. The zero-order valence-corrected chi connectivity index (χ0v) is 10.2. The molecule has 1 unspecified atom stereocenters. The molecule has 92 valence electrons. The van der Waals surface area contributed by atoms with Gasteiger partial charge in [-0.2, -0.15) is 10.2 Å². The zero-order valence-electron chi connectivity index (χ0n) is 9.45. The van der Waals surface area contributed by atoms with Crippen molar-refractivity contribution in [1.29, 1.82) is 0 Å². The van der Waals surface area contributed by atoms with E-state index >= 15 is 0 Å². The van der Waals surface area contributed by atoms with Gasteiger partial charge in [0.2, 0.25) is 0 Å². The molecule has 0 bridgehead atoms. The average molecular weight is 263 g/mol. The van der Waals surface area contributed by atoms with Crippen molar-refractivity contribution < 1.29 is 9.90 Å². The summed E-state index contributed by atoms with van der Waals surface area (Å²) in [4.78, 5) is 10.9. The predicted octanol–water partition coefficient (Wildman–Crippen LogP) is 2.74. The first-order valence-corrected chi connectivity index (χ1v) is 5.79. The minimum absolute atomic E-state index is 0.0275.